The number of nitrogens with one attached hydrogen (secondary N) is 8. The molecule has 8 heterocycles. The standard InChI is InChI=1S/C79H95Cl2N11O30.HO2P/c1-29(2)16-41(85-7)70(106)91-60-62(101)33-9-12-45(39(80)18-33)117-47-20-35-21-48(66(47)122-77-67(121-55-26-79(6,84)69(105)31(4)116-55)64(103)63(102)49(119-77)28-114-53(100)15-14-51(98)87-52(99)27-93)118-46-13-10-34(19-40(46)81)65(120-54-25-78(5,83)68(104)30(3)115-54)61-75(111)90-59(76(112)113)38-22-36(94)23-44(96)56(38)37-17-32(8-11-43(37)95)57(72(108)92-61)89-73(109)58(35)88-71(107)42(24-50(82)97)86-74(60)110;1-3-2/h8-13,17-23,27,29-31,41-42,49,52,54-55,57-65,67-69,77,85,94-96,99,101-105H,14-16,24-26,28,83-84H2,1-7H3,(H2,82,97)(H,86,110)(H,87,98)(H,88,107)(H,89,109)(H,90,111)(H,91,106)(H,92,108)(H,112,113);3H/p+1. The first-order valence-corrected chi connectivity index (χ1v) is 40.5. The molecule has 5 aromatic rings. The van der Waals surface area contributed by atoms with Gasteiger partial charge in [0.05, 0.1) is 53.3 Å². The number of aldehydes is 1. The highest BCUT2D eigenvalue weighted by Gasteiger charge is 2.53. The monoisotopic (exact) mass is 1810 g/mol. The number of hydrogen-bond donors (Lipinski definition) is 22. The number of hydrogen-bond acceptors (Lipinski definition) is 33. The first kappa shape index (κ1) is 96.6. The predicted octanol–water partition coefficient (Wildman–Crippen LogP) is -0.774. The van der Waals surface area contributed by atoms with Crippen molar-refractivity contribution in [3.8, 4) is 57.1 Å². The summed E-state index contributed by atoms with van der Waals surface area (Å²) >= 11 is 14.6. The number of primary amides is 1. The van der Waals surface area contributed by atoms with Crippen molar-refractivity contribution >= 4 is 97.4 Å². The van der Waals surface area contributed by atoms with Crippen LogP contribution >= 0.6 is 31.9 Å². The normalized spacial score (nSPS) is 29.8. The molecular weight excluding hydrogens is 1720 g/mol. The molecule has 46 heteroatoms. The molecule has 3 saturated heterocycles. The summed E-state index contributed by atoms with van der Waals surface area (Å²) < 4.78 is 66.1. The van der Waals surface area contributed by atoms with Gasteiger partial charge in [-0.2, -0.15) is 4.89 Å². The molecule has 24 unspecified atom stereocenters. The van der Waals surface area contributed by atoms with Crippen molar-refractivity contribution in [2.24, 2.45) is 23.1 Å². The summed E-state index contributed by atoms with van der Waals surface area (Å²) in [6, 6.07) is -1.31. The lowest BCUT2D eigenvalue weighted by Gasteiger charge is -2.47. The van der Waals surface area contributed by atoms with Gasteiger partial charge >= 0.3 is 20.6 Å². The Balaban J connectivity index is 0.00000536. The number of amides is 8. The van der Waals surface area contributed by atoms with Crippen molar-refractivity contribution in [1.29, 1.82) is 0 Å². The lowest BCUT2D eigenvalue weighted by molar-refractivity contribution is -0.333. The maximum atomic E-state index is 16.5. The van der Waals surface area contributed by atoms with Crippen LogP contribution in [-0.2, 0) is 85.7 Å². The summed E-state index contributed by atoms with van der Waals surface area (Å²) in [7, 11) is 0.285. The number of phenols is 3. The summed E-state index contributed by atoms with van der Waals surface area (Å²) in [6.45, 7) is 8.42. The number of carboxylic acids is 1. The number of ether oxygens (including phenoxy) is 9. The highest BCUT2D eigenvalue weighted by atomic mass is 35.5. The third kappa shape index (κ3) is 22.8. The van der Waals surface area contributed by atoms with Crippen molar-refractivity contribution in [1.82, 2.24) is 42.5 Å². The van der Waals surface area contributed by atoms with Crippen LogP contribution < -0.4 is 73.9 Å². The third-order valence-corrected chi connectivity index (χ3v) is 22.0. The lowest BCUT2D eigenvalue weighted by Crippen LogP contribution is -2.64. The molecule has 0 radical (unpaired) electrons. The molecule has 11 bridgehead atoms. The van der Waals surface area contributed by atoms with Crippen LogP contribution in [0.4, 0.5) is 0 Å². The van der Waals surface area contributed by atoms with Crippen molar-refractivity contribution in [3.05, 3.63) is 117 Å². The molecule has 8 aliphatic rings. The number of carbonyl (C=O) groups is 11. The highest BCUT2D eigenvalue weighted by molar-refractivity contribution is 7.16. The Labute approximate surface area is 722 Å². The topological polar surface area (TPSA) is 685 Å². The Morgan fingerprint density at radius 2 is 1.26 bits per heavy atom. The van der Waals surface area contributed by atoms with Gasteiger partial charge in [-0.3, -0.25) is 47.9 Å². The molecule has 3 fully saturated rings. The molecule has 8 aliphatic heterocycles. The number of fused-ring (bicyclic) bond motifs is 15. The number of halogens is 2. The second kappa shape index (κ2) is 40.8. The van der Waals surface area contributed by atoms with Crippen LogP contribution in [-0.4, -0.2) is 244 Å². The summed E-state index contributed by atoms with van der Waals surface area (Å²) in [5.41, 5.74) is 13.0. The molecule has 0 spiro atoms. The van der Waals surface area contributed by atoms with E-state index in [2.05, 4.69) is 37.2 Å². The van der Waals surface area contributed by atoms with E-state index in [-0.39, 0.29) is 42.6 Å². The van der Waals surface area contributed by atoms with E-state index < -0.39 is 317 Å². The van der Waals surface area contributed by atoms with Gasteiger partial charge in [0.2, 0.25) is 59.3 Å². The maximum absolute atomic E-state index is 16.5. The van der Waals surface area contributed by atoms with Crippen LogP contribution in [0.15, 0.2) is 78.9 Å². The van der Waals surface area contributed by atoms with Crippen molar-refractivity contribution in [2.45, 2.75) is 220 Å². The fourth-order valence-corrected chi connectivity index (χ4v) is 15.4. The largest absolute Gasteiger partial charge is 0.508 e. The van der Waals surface area contributed by atoms with Crippen molar-refractivity contribution in [2.75, 3.05) is 13.7 Å². The molecule has 25 N–H and O–H groups in total. The minimum absolute atomic E-state index is 0.00633. The molecule has 125 heavy (non-hydrogen) atoms. The number of carbonyl (C=O) groups excluding carboxylic acids is 10. The van der Waals surface area contributed by atoms with Crippen LogP contribution in [0.2, 0.25) is 10.0 Å². The van der Waals surface area contributed by atoms with E-state index in [1.807, 2.05) is 5.32 Å². The van der Waals surface area contributed by atoms with Gasteiger partial charge in [0.15, 0.2) is 48.7 Å². The summed E-state index contributed by atoms with van der Waals surface area (Å²) in [4.78, 5) is 165. The van der Waals surface area contributed by atoms with E-state index in [9.17, 15) is 79.8 Å². The zero-order chi connectivity index (χ0) is 91.9. The molecule has 678 valence electrons. The van der Waals surface area contributed by atoms with Gasteiger partial charge in [0, 0.05) is 53.1 Å². The van der Waals surface area contributed by atoms with Gasteiger partial charge in [0.25, 0.3) is 0 Å². The van der Waals surface area contributed by atoms with E-state index in [0.29, 0.717) is 0 Å². The van der Waals surface area contributed by atoms with Crippen molar-refractivity contribution in [3.63, 3.8) is 0 Å². The quantitative estimate of drug-likeness (QED) is 0.0186. The highest BCUT2D eigenvalue weighted by Crippen LogP contribution is 2.51. The van der Waals surface area contributed by atoms with Crippen LogP contribution in [0.25, 0.3) is 11.1 Å². The zero-order valence-electron chi connectivity index (χ0n) is 67.7. The fraction of sp³-hybridized carbons (Fsp3) is 0.481. The number of benzene rings is 5. The van der Waals surface area contributed by atoms with Gasteiger partial charge in [-0.25, -0.2) is 4.79 Å². The van der Waals surface area contributed by atoms with Crippen molar-refractivity contribution < 1.29 is 156 Å². The second-order valence-corrected chi connectivity index (χ2v) is 32.5. The van der Waals surface area contributed by atoms with E-state index in [1.165, 1.54) is 46.9 Å². The zero-order valence-corrected chi connectivity index (χ0v) is 70.2. The maximum Gasteiger partial charge on any atom is 0.491 e. The van der Waals surface area contributed by atoms with Gasteiger partial charge in [0.1, 0.15) is 96.1 Å². The average Bonchev–Trinajstić information content (AvgIpc) is 0.762. The second-order valence-electron chi connectivity index (χ2n) is 31.5. The Bertz CT molecular complexity index is 4920. The SMILES string of the molecule is CNC(CC(C)C)C(=O)NC1C(=O)NC(CC(N)=O)C(=O)NC2C(=O)NC3C(=O)NC(C(=O)NC(C(=O)O)c4cc(O)cc(O)c4-c4cc3ccc4O)C(OC3CC(C)(N)C(O)C(C)O3)c3ccc(c(Cl)c3)Oc3cc2cc(c3OC2OC(COC(=O)CCC(=O)NC(O)C=O)C(O)C(O)C2OC2CC(C)(N)C(O)C(C)O2)Oc2ccc(cc2Cl)C1O.O=[PH+]O. The fourth-order valence-electron chi connectivity index (χ4n) is 15.0. The molecule has 13 rings (SSSR count). The molecule has 43 nitrogen and oxygen atoms in total. The molecule has 0 aromatic heterocycles. The van der Waals surface area contributed by atoms with Crippen LogP contribution in [0.5, 0.6) is 46.0 Å². The van der Waals surface area contributed by atoms with Gasteiger partial charge in [-0.1, -0.05) is 55.2 Å². The predicted molar refractivity (Wildman–Crippen MR) is 430 cm³/mol. The van der Waals surface area contributed by atoms with Crippen LogP contribution in [0.3, 0.4) is 0 Å². The molecule has 0 saturated carbocycles. The van der Waals surface area contributed by atoms with Crippen LogP contribution in [0.1, 0.15) is 138 Å². The van der Waals surface area contributed by atoms with Gasteiger partial charge in [-0.05, 0) is 128 Å². The number of aliphatic carboxylic acids is 1. The first-order valence-electron chi connectivity index (χ1n) is 38.9. The average molecular weight is 1810 g/mol. The number of aromatic hydroxyl groups is 3. The number of rotatable bonds is 21. The molecule has 0 aliphatic carbocycles. The number of aliphatic hydroxyl groups excluding tert-OH is 6. The Morgan fingerprint density at radius 3 is 1.82 bits per heavy atom. The minimum atomic E-state index is -2.46. The summed E-state index contributed by atoms with van der Waals surface area (Å²) in [5.74, 6) is -19.0. The summed E-state index contributed by atoms with van der Waals surface area (Å²) in [5, 5.41) is 133. The van der Waals surface area contributed by atoms with E-state index >= 15 is 24.0 Å². The Hall–Kier alpha value is -10.6. The molecule has 5 aromatic carbocycles. The number of carboxylic acid groups (broad SMARTS) is 1. The number of phenolic OH excluding ortho intramolecular Hbond substituents is 3. The smallest absolute Gasteiger partial charge is 0.491 e. The molecule has 24 atom stereocenters. The van der Waals surface area contributed by atoms with Crippen LogP contribution in [0, 0.1) is 5.92 Å². The number of nitrogens with two attached hydrogens (primary N) is 3. The minimum Gasteiger partial charge on any atom is -0.508 e. The summed E-state index contributed by atoms with van der Waals surface area (Å²) in [6.07, 6.45) is -27.7. The molecular formula is C79H97Cl2N11O32P+. The van der Waals surface area contributed by atoms with E-state index in [0.717, 1.165) is 66.7 Å². The Morgan fingerprint density at radius 1 is 0.688 bits per heavy atom. The number of aliphatic hydroxyl groups is 6. The number of likely N-dealkylation sites (N-methyl/N-ethyl adjacent to an activating group) is 1. The number of esters is 1. The Kier molecular flexibility index (Phi) is 31.5. The first-order chi connectivity index (χ1) is 58.8. The lowest BCUT2D eigenvalue weighted by atomic mass is 9.86. The third-order valence-electron chi connectivity index (χ3n) is 21.4. The molecule has 8 amide bonds. The van der Waals surface area contributed by atoms with Gasteiger partial charge in [-0.15, -0.1) is 0 Å². The van der Waals surface area contributed by atoms with E-state index in [1.54, 1.807) is 13.8 Å². The van der Waals surface area contributed by atoms with Gasteiger partial charge < -0.3 is 153 Å². The van der Waals surface area contributed by atoms with E-state index in [4.69, 9.17) is 92.5 Å².